The van der Waals surface area contributed by atoms with E-state index in [0.717, 1.165) is 0 Å². The van der Waals surface area contributed by atoms with Crippen LogP contribution >= 0.6 is 0 Å². The number of nitrogens with one attached hydrogen (secondary N) is 1. The average Bonchev–Trinajstić information content (AvgIpc) is 2.01. The van der Waals surface area contributed by atoms with Crippen LogP contribution in [0.4, 0.5) is 13.2 Å². The Morgan fingerprint density at radius 1 is 1.46 bits per heavy atom. The van der Waals surface area contributed by atoms with Gasteiger partial charge in [-0.05, 0) is 12.8 Å². The Morgan fingerprint density at radius 3 is 2.46 bits per heavy atom. The van der Waals surface area contributed by atoms with Crippen LogP contribution in [-0.4, -0.2) is 25.9 Å². The lowest BCUT2D eigenvalue weighted by Gasteiger charge is -2.17. The highest BCUT2D eigenvalue weighted by Gasteiger charge is 2.31. The van der Waals surface area contributed by atoms with Crippen LogP contribution in [0.1, 0.15) is 19.3 Å². The number of alkyl halides is 3. The number of halogens is 3. The van der Waals surface area contributed by atoms with Crippen molar-refractivity contribution in [1.29, 1.82) is 0 Å². The Labute approximate surface area is 75.4 Å². The van der Waals surface area contributed by atoms with Gasteiger partial charge in [-0.1, -0.05) is 0 Å². The predicted octanol–water partition coefficient (Wildman–Crippen LogP) is 1.20. The maximum absolute atomic E-state index is 11.9. The van der Waals surface area contributed by atoms with Crippen LogP contribution in [0.15, 0.2) is 0 Å². The highest BCUT2D eigenvalue weighted by atomic mass is 19.4. The van der Waals surface area contributed by atoms with Gasteiger partial charge in [-0.2, -0.15) is 13.2 Å². The fourth-order valence-corrected chi connectivity index (χ4v) is 0.998. The van der Waals surface area contributed by atoms with E-state index in [2.05, 4.69) is 5.43 Å². The molecule has 0 fully saturated rings. The molecule has 0 amide bonds. The van der Waals surface area contributed by atoms with Gasteiger partial charge in [0.05, 0.1) is 6.42 Å². The second-order valence-corrected chi connectivity index (χ2v) is 2.82. The van der Waals surface area contributed by atoms with Crippen molar-refractivity contribution in [3.05, 3.63) is 0 Å². The fraction of sp³-hybridized carbons (Fsp3) is 1.00. The summed E-state index contributed by atoms with van der Waals surface area (Å²) >= 11 is 0. The van der Waals surface area contributed by atoms with Gasteiger partial charge >= 0.3 is 6.18 Å². The molecule has 0 aliphatic carbocycles. The third kappa shape index (κ3) is 8.01. The average molecular weight is 200 g/mol. The van der Waals surface area contributed by atoms with Gasteiger partial charge in [0, 0.05) is 19.8 Å². The summed E-state index contributed by atoms with van der Waals surface area (Å²) in [6, 6.07) is -0.713. The molecule has 0 aliphatic rings. The third-order valence-corrected chi connectivity index (χ3v) is 1.61. The zero-order valence-corrected chi connectivity index (χ0v) is 7.53. The zero-order chi connectivity index (χ0) is 10.3. The number of ether oxygens (including phenoxy) is 1. The SMILES string of the molecule is COCCCC(CC(F)(F)F)NN. The zero-order valence-electron chi connectivity index (χ0n) is 7.53. The lowest BCUT2D eigenvalue weighted by Crippen LogP contribution is -2.38. The van der Waals surface area contributed by atoms with E-state index in [4.69, 9.17) is 10.6 Å². The molecule has 0 saturated carbocycles. The first kappa shape index (κ1) is 12.7. The molecular formula is C7H15F3N2O. The summed E-state index contributed by atoms with van der Waals surface area (Å²) in [5.74, 6) is 4.97. The van der Waals surface area contributed by atoms with Gasteiger partial charge in [-0.25, -0.2) is 0 Å². The number of rotatable bonds is 6. The minimum atomic E-state index is -4.16. The molecule has 3 N–H and O–H groups in total. The largest absolute Gasteiger partial charge is 0.390 e. The lowest BCUT2D eigenvalue weighted by molar-refractivity contribution is -0.140. The first-order valence-electron chi connectivity index (χ1n) is 4.01. The minimum Gasteiger partial charge on any atom is -0.385 e. The predicted molar refractivity (Wildman–Crippen MR) is 42.9 cm³/mol. The molecular weight excluding hydrogens is 185 g/mol. The van der Waals surface area contributed by atoms with Crippen molar-refractivity contribution in [3.8, 4) is 0 Å². The van der Waals surface area contributed by atoms with Crippen LogP contribution in [0.25, 0.3) is 0 Å². The normalized spacial score (nSPS) is 14.5. The van der Waals surface area contributed by atoms with Gasteiger partial charge < -0.3 is 4.74 Å². The molecule has 0 bridgehead atoms. The molecule has 0 heterocycles. The summed E-state index contributed by atoms with van der Waals surface area (Å²) < 4.78 is 40.3. The summed E-state index contributed by atoms with van der Waals surface area (Å²) in [5.41, 5.74) is 2.14. The summed E-state index contributed by atoms with van der Waals surface area (Å²) in [6.45, 7) is 0.454. The maximum Gasteiger partial charge on any atom is 0.390 e. The first-order valence-corrected chi connectivity index (χ1v) is 4.01. The van der Waals surface area contributed by atoms with E-state index in [1.165, 1.54) is 7.11 Å². The van der Waals surface area contributed by atoms with Crippen molar-refractivity contribution in [2.45, 2.75) is 31.5 Å². The minimum absolute atomic E-state index is 0.365. The lowest BCUT2D eigenvalue weighted by atomic mass is 10.1. The van der Waals surface area contributed by atoms with Crippen molar-refractivity contribution < 1.29 is 17.9 Å². The molecule has 0 spiro atoms. The molecule has 0 saturated heterocycles. The second-order valence-electron chi connectivity index (χ2n) is 2.82. The van der Waals surface area contributed by atoms with Crippen LogP contribution in [-0.2, 0) is 4.74 Å². The molecule has 1 unspecified atom stereocenters. The molecule has 0 radical (unpaired) electrons. The Balaban J connectivity index is 3.63. The molecule has 6 heteroatoms. The monoisotopic (exact) mass is 200 g/mol. The molecule has 0 aliphatic heterocycles. The quantitative estimate of drug-likeness (QED) is 0.384. The number of methoxy groups -OCH3 is 1. The van der Waals surface area contributed by atoms with Crippen LogP contribution in [0.3, 0.4) is 0 Å². The standard InChI is InChI=1S/C7H15F3N2O/c1-13-4-2-3-6(12-11)5-7(8,9)10/h6,12H,2-5,11H2,1H3. The Morgan fingerprint density at radius 2 is 2.08 bits per heavy atom. The van der Waals surface area contributed by atoms with Crippen molar-refractivity contribution in [2.75, 3.05) is 13.7 Å². The van der Waals surface area contributed by atoms with Gasteiger partial charge in [0.15, 0.2) is 0 Å². The number of hydrogen-bond donors (Lipinski definition) is 2. The summed E-state index contributed by atoms with van der Waals surface area (Å²) in [4.78, 5) is 0. The fourth-order valence-electron chi connectivity index (χ4n) is 0.998. The Bertz CT molecular complexity index is 129. The highest BCUT2D eigenvalue weighted by Crippen LogP contribution is 2.22. The molecule has 0 rings (SSSR count). The van der Waals surface area contributed by atoms with E-state index in [1.807, 2.05) is 0 Å². The first-order chi connectivity index (χ1) is 5.99. The highest BCUT2D eigenvalue weighted by molar-refractivity contribution is 4.67. The van der Waals surface area contributed by atoms with E-state index in [9.17, 15) is 13.2 Å². The van der Waals surface area contributed by atoms with E-state index in [0.29, 0.717) is 19.4 Å². The molecule has 13 heavy (non-hydrogen) atoms. The third-order valence-electron chi connectivity index (χ3n) is 1.61. The Kier molecular flexibility index (Phi) is 6.02. The van der Waals surface area contributed by atoms with E-state index in [1.54, 1.807) is 0 Å². The van der Waals surface area contributed by atoms with Gasteiger partial charge in [0.2, 0.25) is 0 Å². The van der Waals surface area contributed by atoms with E-state index < -0.39 is 18.6 Å². The van der Waals surface area contributed by atoms with Crippen molar-refractivity contribution >= 4 is 0 Å². The van der Waals surface area contributed by atoms with Crippen LogP contribution < -0.4 is 11.3 Å². The topological polar surface area (TPSA) is 47.3 Å². The molecule has 0 aromatic heterocycles. The smallest absolute Gasteiger partial charge is 0.385 e. The second kappa shape index (κ2) is 6.17. The van der Waals surface area contributed by atoms with Crippen molar-refractivity contribution in [3.63, 3.8) is 0 Å². The molecule has 0 aromatic carbocycles. The van der Waals surface area contributed by atoms with E-state index in [-0.39, 0.29) is 0 Å². The van der Waals surface area contributed by atoms with Crippen LogP contribution in [0.5, 0.6) is 0 Å². The Hall–Kier alpha value is -0.330. The van der Waals surface area contributed by atoms with Crippen molar-refractivity contribution in [1.82, 2.24) is 5.43 Å². The summed E-state index contributed by atoms with van der Waals surface area (Å²) in [7, 11) is 1.51. The maximum atomic E-state index is 11.9. The molecule has 1 atom stereocenters. The van der Waals surface area contributed by atoms with Crippen molar-refractivity contribution in [2.24, 2.45) is 5.84 Å². The molecule has 0 aromatic rings. The van der Waals surface area contributed by atoms with Gasteiger partial charge in [-0.3, -0.25) is 11.3 Å². The van der Waals surface area contributed by atoms with Gasteiger partial charge in [-0.15, -0.1) is 0 Å². The number of hydrogen-bond acceptors (Lipinski definition) is 3. The molecule has 80 valence electrons. The summed E-state index contributed by atoms with van der Waals surface area (Å²) in [6.07, 6.45) is -4.12. The number of nitrogens with two attached hydrogens (primary N) is 1. The van der Waals surface area contributed by atoms with Gasteiger partial charge in [0.1, 0.15) is 0 Å². The van der Waals surface area contributed by atoms with E-state index >= 15 is 0 Å². The van der Waals surface area contributed by atoms with Crippen LogP contribution in [0.2, 0.25) is 0 Å². The summed E-state index contributed by atoms with van der Waals surface area (Å²) in [5, 5.41) is 0. The number of hydrazine groups is 1. The van der Waals surface area contributed by atoms with Crippen LogP contribution in [0, 0.1) is 0 Å². The molecule has 3 nitrogen and oxygen atoms in total. The van der Waals surface area contributed by atoms with Gasteiger partial charge in [0.25, 0.3) is 0 Å².